The maximum Gasteiger partial charge on any atom is 0.258 e. The van der Waals surface area contributed by atoms with Gasteiger partial charge in [0.15, 0.2) is 0 Å². The molecule has 1 aromatic heterocycles. The summed E-state index contributed by atoms with van der Waals surface area (Å²) in [6.45, 7) is 7.10. The van der Waals surface area contributed by atoms with Crippen LogP contribution in [0.25, 0.3) is 22.8 Å². The number of ether oxygens (including phenoxy) is 1. The summed E-state index contributed by atoms with van der Waals surface area (Å²) in [5, 5.41) is 7.58. The van der Waals surface area contributed by atoms with Crippen LogP contribution >= 0.6 is 0 Å². The highest BCUT2D eigenvalue weighted by molar-refractivity contribution is 5.66. The van der Waals surface area contributed by atoms with Gasteiger partial charge in [0.1, 0.15) is 5.75 Å². The van der Waals surface area contributed by atoms with Crippen LogP contribution < -0.4 is 10.1 Å². The quantitative estimate of drug-likeness (QED) is 0.729. The first kappa shape index (κ1) is 16.6. The number of hydrogen-bond donors (Lipinski definition) is 1. The fourth-order valence-corrected chi connectivity index (χ4v) is 3.24. The van der Waals surface area contributed by atoms with Crippen LogP contribution in [0.5, 0.6) is 5.75 Å². The average Bonchev–Trinajstić information content (AvgIpc) is 3.13. The number of fused-ring (bicyclic) bond motifs is 1. The zero-order chi connectivity index (χ0) is 18.1. The second-order valence-electron chi connectivity index (χ2n) is 6.97. The van der Waals surface area contributed by atoms with E-state index < -0.39 is 0 Å². The van der Waals surface area contributed by atoms with Crippen LogP contribution in [0, 0.1) is 6.92 Å². The molecule has 4 rings (SSSR count). The van der Waals surface area contributed by atoms with Crippen molar-refractivity contribution >= 4 is 5.69 Å². The molecule has 26 heavy (non-hydrogen) atoms. The molecule has 3 aromatic rings. The molecule has 0 bridgehead atoms. The topological polar surface area (TPSA) is 60.2 Å². The van der Waals surface area contributed by atoms with Gasteiger partial charge in [0, 0.05) is 23.4 Å². The molecule has 5 nitrogen and oxygen atoms in total. The second kappa shape index (κ2) is 6.83. The van der Waals surface area contributed by atoms with Crippen LogP contribution in [0.15, 0.2) is 40.9 Å². The summed E-state index contributed by atoms with van der Waals surface area (Å²) >= 11 is 0. The van der Waals surface area contributed by atoms with Crippen molar-refractivity contribution in [3.05, 3.63) is 47.5 Å². The minimum atomic E-state index is 0.148. The first-order chi connectivity index (χ1) is 12.6. The van der Waals surface area contributed by atoms with E-state index in [1.165, 1.54) is 11.3 Å². The maximum atomic E-state index is 5.79. The summed E-state index contributed by atoms with van der Waals surface area (Å²) in [6, 6.07) is 12.2. The minimum absolute atomic E-state index is 0.148. The van der Waals surface area contributed by atoms with Gasteiger partial charge in [0.05, 0.1) is 6.10 Å². The summed E-state index contributed by atoms with van der Waals surface area (Å²) < 4.78 is 11.3. The molecule has 2 aromatic carbocycles. The fraction of sp³-hybridized carbons (Fsp3) is 0.333. The molecule has 0 aliphatic carbocycles. The van der Waals surface area contributed by atoms with Gasteiger partial charge in [-0.1, -0.05) is 5.16 Å². The molecular weight excluding hydrogens is 326 g/mol. The van der Waals surface area contributed by atoms with E-state index in [1.807, 2.05) is 45.0 Å². The molecular formula is C21H23N3O2. The lowest BCUT2D eigenvalue weighted by Crippen LogP contribution is -2.11. The Bertz CT molecular complexity index is 931. The Balaban J connectivity index is 1.61. The van der Waals surface area contributed by atoms with Crippen LogP contribution in [0.1, 0.15) is 31.4 Å². The number of nitrogens with one attached hydrogen (secondary N) is 1. The normalized spacial score (nSPS) is 13.4. The number of nitrogens with zero attached hydrogens (tertiary/aromatic N) is 2. The smallest absolute Gasteiger partial charge is 0.258 e. The molecule has 0 unspecified atom stereocenters. The van der Waals surface area contributed by atoms with Gasteiger partial charge in [-0.25, -0.2) is 0 Å². The van der Waals surface area contributed by atoms with Crippen LogP contribution in [0.4, 0.5) is 5.69 Å². The summed E-state index contributed by atoms with van der Waals surface area (Å²) in [6.07, 6.45) is 2.37. The Labute approximate surface area is 153 Å². The first-order valence-corrected chi connectivity index (χ1v) is 9.09. The van der Waals surface area contributed by atoms with E-state index in [1.54, 1.807) is 0 Å². The van der Waals surface area contributed by atoms with E-state index in [0.717, 1.165) is 41.8 Å². The maximum absolute atomic E-state index is 5.79. The van der Waals surface area contributed by atoms with Crippen molar-refractivity contribution in [2.45, 2.75) is 39.7 Å². The molecule has 5 heteroatoms. The molecule has 1 aliphatic heterocycles. The lowest BCUT2D eigenvalue weighted by atomic mass is 10.0. The Morgan fingerprint density at radius 3 is 2.77 bits per heavy atom. The number of aromatic nitrogens is 2. The van der Waals surface area contributed by atoms with Crippen LogP contribution in [-0.2, 0) is 6.42 Å². The van der Waals surface area contributed by atoms with E-state index in [4.69, 9.17) is 9.26 Å². The second-order valence-corrected chi connectivity index (χ2v) is 6.97. The molecule has 1 aliphatic rings. The van der Waals surface area contributed by atoms with E-state index in [9.17, 15) is 0 Å². The minimum Gasteiger partial charge on any atom is -0.491 e. The number of anilines is 1. The molecule has 0 spiro atoms. The van der Waals surface area contributed by atoms with Gasteiger partial charge in [0.25, 0.3) is 5.89 Å². The lowest BCUT2D eigenvalue weighted by Gasteiger charge is -2.17. The van der Waals surface area contributed by atoms with Gasteiger partial charge in [-0.15, -0.1) is 0 Å². The number of benzene rings is 2. The highest BCUT2D eigenvalue weighted by Crippen LogP contribution is 2.30. The predicted molar refractivity (Wildman–Crippen MR) is 102 cm³/mol. The third-order valence-electron chi connectivity index (χ3n) is 4.51. The molecule has 1 N–H and O–H groups in total. The van der Waals surface area contributed by atoms with Crippen LogP contribution in [0.3, 0.4) is 0 Å². The SMILES string of the molecule is Cc1cc(-c2noc(-c3ccc4c(c3)CCCN4)n2)ccc1OC(C)C. The van der Waals surface area contributed by atoms with Gasteiger partial charge in [-0.2, -0.15) is 4.98 Å². The van der Waals surface area contributed by atoms with E-state index >= 15 is 0 Å². The Morgan fingerprint density at radius 1 is 1.12 bits per heavy atom. The lowest BCUT2D eigenvalue weighted by molar-refractivity contribution is 0.241. The molecule has 134 valence electrons. The third kappa shape index (κ3) is 3.29. The standard InChI is InChI=1S/C21H23N3O2/c1-13(2)25-19-9-7-16(11-14(19)3)20-23-21(26-24-20)17-6-8-18-15(12-17)5-4-10-22-18/h6-9,11-13,22H,4-5,10H2,1-3H3. The molecule has 2 heterocycles. The van der Waals surface area contributed by atoms with Crippen molar-refractivity contribution in [2.24, 2.45) is 0 Å². The van der Waals surface area contributed by atoms with E-state index in [-0.39, 0.29) is 6.10 Å². The van der Waals surface area contributed by atoms with E-state index in [2.05, 4.69) is 27.6 Å². The predicted octanol–water partition coefficient (Wildman–Crippen LogP) is 4.86. The molecule has 0 saturated heterocycles. The summed E-state index contributed by atoms with van der Waals surface area (Å²) in [5.41, 5.74) is 5.45. The van der Waals surface area contributed by atoms with Gasteiger partial charge in [0.2, 0.25) is 5.82 Å². The zero-order valence-corrected chi connectivity index (χ0v) is 15.4. The molecule has 0 saturated carbocycles. The Hall–Kier alpha value is -2.82. The monoisotopic (exact) mass is 349 g/mol. The number of aryl methyl sites for hydroxylation is 2. The molecule has 0 amide bonds. The summed E-state index contributed by atoms with van der Waals surface area (Å²) in [4.78, 5) is 4.59. The average molecular weight is 349 g/mol. The Kier molecular flexibility index (Phi) is 4.37. The van der Waals surface area contributed by atoms with Crippen molar-refractivity contribution in [1.82, 2.24) is 10.1 Å². The number of hydrogen-bond acceptors (Lipinski definition) is 5. The highest BCUT2D eigenvalue weighted by atomic mass is 16.5. The van der Waals surface area contributed by atoms with Crippen molar-refractivity contribution < 1.29 is 9.26 Å². The largest absolute Gasteiger partial charge is 0.491 e. The summed E-state index contributed by atoms with van der Waals surface area (Å²) in [5.74, 6) is 2.03. The molecule has 0 radical (unpaired) electrons. The van der Waals surface area contributed by atoms with Crippen LogP contribution in [0.2, 0.25) is 0 Å². The fourth-order valence-electron chi connectivity index (χ4n) is 3.24. The van der Waals surface area contributed by atoms with Crippen molar-refractivity contribution in [1.29, 1.82) is 0 Å². The third-order valence-corrected chi connectivity index (χ3v) is 4.51. The van der Waals surface area contributed by atoms with Gasteiger partial charge in [-0.05, 0) is 81.1 Å². The zero-order valence-electron chi connectivity index (χ0n) is 15.4. The summed E-state index contributed by atoms with van der Waals surface area (Å²) in [7, 11) is 0. The van der Waals surface area contributed by atoms with Crippen molar-refractivity contribution in [3.8, 4) is 28.6 Å². The molecule has 0 atom stereocenters. The number of rotatable bonds is 4. The Morgan fingerprint density at radius 2 is 1.96 bits per heavy atom. The van der Waals surface area contributed by atoms with Crippen molar-refractivity contribution in [3.63, 3.8) is 0 Å². The van der Waals surface area contributed by atoms with Gasteiger partial charge >= 0.3 is 0 Å². The highest BCUT2D eigenvalue weighted by Gasteiger charge is 2.15. The molecule has 0 fully saturated rings. The van der Waals surface area contributed by atoms with Gasteiger partial charge in [-0.3, -0.25) is 0 Å². The van der Waals surface area contributed by atoms with Crippen LogP contribution in [-0.4, -0.2) is 22.8 Å². The van der Waals surface area contributed by atoms with E-state index in [0.29, 0.717) is 11.7 Å². The van der Waals surface area contributed by atoms with Crippen molar-refractivity contribution in [2.75, 3.05) is 11.9 Å². The first-order valence-electron chi connectivity index (χ1n) is 9.09. The van der Waals surface area contributed by atoms with Gasteiger partial charge < -0.3 is 14.6 Å².